The molecule has 1 saturated carbocycles. The number of halogens is 1. The van der Waals surface area contributed by atoms with Gasteiger partial charge in [-0.3, -0.25) is 0 Å². The van der Waals surface area contributed by atoms with Gasteiger partial charge in [0.15, 0.2) is 0 Å². The fourth-order valence-electron chi connectivity index (χ4n) is 1.87. The number of nitrogens with two attached hydrogens (primary N) is 1. The maximum absolute atomic E-state index is 6.13. The van der Waals surface area contributed by atoms with E-state index in [9.17, 15) is 0 Å². The minimum absolute atomic E-state index is 0.0865. The van der Waals surface area contributed by atoms with E-state index in [1.165, 1.54) is 28.4 Å². The third-order valence-electron chi connectivity index (χ3n) is 3.07. The highest BCUT2D eigenvalue weighted by molar-refractivity contribution is 14.1. The van der Waals surface area contributed by atoms with Crippen LogP contribution in [0.2, 0.25) is 0 Å². The minimum Gasteiger partial charge on any atom is -0.324 e. The Hall–Kier alpha value is -0.130. The molecule has 0 atom stereocenters. The quantitative estimate of drug-likeness (QED) is 0.836. The first-order chi connectivity index (χ1) is 7.18. The fraction of sp³-hybridized carbons (Fsp3) is 0.500. The first kappa shape index (κ1) is 11.4. The molecule has 0 bridgehead atoms. The monoisotopic (exact) mass is 316 g/mol. The summed E-state index contributed by atoms with van der Waals surface area (Å²) in [5.74, 6) is 0. The molecule has 0 amide bonds. The summed E-state index contributed by atoms with van der Waals surface area (Å²) in [5.41, 5.74) is 7.55. The van der Waals surface area contributed by atoms with Crippen molar-refractivity contribution < 1.29 is 0 Å². The molecule has 1 fully saturated rings. The van der Waals surface area contributed by atoms with Crippen LogP contribution in [0.1, 0.15) is 24.8 Å². The molecule has 3 N–H and O–H groups in total. The van der Waals surface area contributed by atoms with Crippen molar-refractivity contribution in [2.24, 2.45) is 5.73 Å². The molecule has 82 valence electrons. The molecular formula is C12H17IN2. The standard InChI is InChI=1S/C12H17IN2/c13-11-4-2-10(3-5-11)8-15-9-12(14)6-1-7-12/h2-5,15H,1,6-9,14H2. The molecule has 2 nitrogen and oxygen atoms in total. The van der Waals surface area contributed by atoms with E-state index in [-0.39, 0.29) is 5.54 Å². The van der Waals surface area contributed by atoms with Crippen molar-refractivity contribution in [1.82, 2.24) is 5.32 Å². The zero-order valence-corrected chi connectivity index (χ0v) is 11.0. The number of benzene rings is 1. The van der Waals surface area contributed by atoms with Crippen LogP contribution in [-0.2, 0) is 6.54 Å². The van der Waals surface area contributed by atoms with E-state index >= 15 is 0 Å². The van der Waals surface area contributed by atoms with Crippen LogP contribution in [0.25, 0.3) is 0 Å². The highest BCUT2D eigenvalue weighted by Crippen LogP contribution is 2.28. The Morgan fingerprint density at radius 3 is 2.47 bits per heavy atom. The second-order valence-electron chi connectivity index (χ2n) is 4.45. The lowest BCUT2D eigenvalue weighted by Crippen LogP contribution is -2.53. The van der Waals surface area contributed by atoms with Crippen LogP contribution in [0.5, 0.6) is 0 Å². The summed E-state index contributed by atoms with van der Waals surface area (Å²) in [5, 5.41) is 3.44. The highest BCUT2D eigenvalue weighted by atomic mass is 127. The lowest BCUT2D eigenvalue weighted by molar-refractivity contribution is 0.239. The molecule has 1 aliphatic rings. The van der Waals surface area contributed by atoms with Gasteiger partial charge in [-0.2, -0.15) is 0 Å². The van der Waals surface area contributed by atoms with Crippen molar-refractivity contribution in [3.8, 4) is 0 Å². The maximum atomic E-state index is 6.13. The minimum atomic E-state index is 0.0865. The summed E-state index contributed by atoms with van der Waals surface area (Å²) < 4.78 is 1.28. The van der Waals surface area contributed by atoms with Crippen molar-refractivity contribution in [2.75, 3.05) is 6.54 Å². The molecule has 3 heteroatoms. The first-order valence-corrected chi connectivity index (χ1v) is 6.50. The average molecular weight is 316 g/mol. The molecule has 0 aromatic heterocycles. The lowest BCUT2D eigenvalue weighted by atomic mass is 9.78. The van der Waals surface area contributed by atoms with Gasteiger partial charge in [-0.25, -0.2) is 0 Å². The van der Waals surface area contributed by atoms with Crippen LogP contribution in [0, 0.1) is 3.57 Å². The summed E-state index contributed by atoms with van der Waals surface area (Å²) in [4.78, 5) is 0. The summed E-state index contributed by atoms with van der Waals surface area (Å²) in [6, 6.07) is 8.61. The van der Waals surface area contributed by atoms with Crippen LogP contribution in [0.3, 0.4) is 0 Å². The Morgan fingerprint density at radius 2 is 1.93 bits per heavy atom. The molecule has 1 aliphatic carbocycles. The zero-order valence-electron chi connectivity index (χ0n) is 8.80. The van der Waals surface area contributed by atoms with Crippen molar-refractivity contribution >= 4 is 22.6 Å². The van der Waals surface area contributed by atoms with Crippen LogP contribution in [0.4, 0.5) is 0 Å². The SMILES string of the molecule is NC1(CNCc2ccc(I)cc2)CCC1. The molecule has 0 unspecified atom stereocenters. The Kier molecular flexibility index (Phi) is 3.64. The first-order valence-electron chi connectivity index (χ1n) is 5.42. The highest BCUT2D eigenvalue weighted by Gasteiger charge is 2.31. The number of nitrogens with one attached hydrogen (secondary N) is 1. The number of hydrogen-bond donors (Lipinski definition) is 2. The average Bonchev–Trinajstić information content (AvgIpc) is 2.19. The Balaban J connectivity index is 1.76. The lowest BCUT2D eigenvalue weighted by Gasteiger charge is -2.38. The van der Waals surface area contributed by atoms with Crippen molar-refractivity contribution in [1.29, 1.82) is 0 Å². The van der Waals surface area contributed by atoms with Gasteiger partial charge in [0.25, 0.3) is 0 Å². The predicted molar refractivity (Wildman–Crippen MR) is 71.6 cm³/mol. The van der Waals surface area contributed by atoms with Crippen molar-refractivity contribution in [3.63, 3.8) is 0 Å². The van der Waals surface area contributed by atoms with Gasteiger partial charge in [-0.15, -0.1) is 0 Å². The molecule has 0 spiro atoms. The van der Waals surface area contributed by atoms with Gasteiger partial charge in [0.1, 0.15) is 0 Å². The van der Waals surface area contributed by atoms with Gasteiger partial charge in [0.2, 0.25) is 0 Å². The van der Waals surface area contributed by atoms with Crippen molar-refractivity contribution in [2.45, 2.75) is 31.3 Å². The third-order valence-corrected chi connectivity index (χ3v) is 3.79. The number of hydrogen-bond acceptors (Lipinski definition) is 2. The van der Waals surface area contributed by atoms with E-state index < -0.39 is 0 Å². The second-order valence-corrected chi connectivity index (χ2v) is 5.69. The molecule has 1 aromatic rings. The summed E-state index contributed by atoms with van der Waals surface area (Å²) in [6.07, 6.45) is 3.64. The molecule has 15 heavy (non-hydrogen) atoms. The second kappa shape index (κ2) is 4.80. The molecular weight excluding hydrogens is 299 g/mol. The van der Waals surface area contributed by atoms with Gasteiger partial charge in [-0.1, -0.05) is 12.1 Å². The van der Waals surface area contributed by atoms with E-state index in [2.05, 4.69) is 52.2 Å². The smallest absolute Gasteiger partial charge is 0.0281 e. The van der Waals surface area contributed by atoms with Crippen LogP contribution in [0.15, 0.2) is 24.3 Å². The summed E-state index contributed by atoms with van der Waals surface area (Å²) in [7, 11) is 0. The van der Waals surface area contributed by atoms with Crippen LogP contribution >= 0.6 is 22.6 Å². The molecule has 1 aromatic carbocycles. The van der Waals surface area contributed by atoms with E-state index in [4.69, 9.17) is 5.73 Å². The van der Waals surface area contributed by atoms with Gasteiger partial charge in [0.05, 0.1) is 0 Å². The number of rotatable bonds is 4. The van der Waals surface area contributed by atoms with E-state index in [1.807, 2.05) is 0 Å². The van der Waals surface area contributed by atoms with E-state index in [1.54, 1.807) is 0 Å². The van der Waals surface area contributed by atoms with Gasteiger partial charge < -0.3 is 11.1 Å². The normalized spacial score (nSPS) is 18.5. The Labute approximate surface area is 105 Å². The zero-order chi connectivity index (χ0) is 10.7. The molecule has 0 radical (unpaired) electrons. The van der Waals surface area contributed by atoms with E-state index in [0.29, 0.717) is 0 Å². The predicted octanol–water partition coefficient (Wildman–Crippen LogP) is 2.26. The summed E-state index contributed by atoms with van der Waals surface area (Å²) >= 11 is 2.32. The van der Waals surface area contributed by atoms with Gasteiger partial charge in [-0.05, 0) is 59.5 Å². The van der Waals surface area contributed by atoms with Gasteiger partial charge in [0, 0.05) is 22.2 Å². The topological polar surface area (TPSA) is 38.0 Å². The third kappa shape index (κ3) is 3.16. The molecule has 0 aliphatic heterocycles. The maximum Gasteiger partial charge on any atom is 0.0281 e. The van der Waals surface area contributed by atoms with Crippen LogP contribution in [-0.4, -0.2) is 12.1 Å². The largest absolute Gasteiger partial charge is 0.324 e. The van der Waals surface area contributed by atoms with Crippen molar-refractivity contribution in [3.05, 3.63) is 33.4 Å². The Bertz CT molecular complexity index is 317. The van der Waals surface area contributed by atoms with Crippen LogP contribution < -0.4 is 11.1 Å². The molecule has 0 heterocycles. The Morgan fingerprint density at radius 1 is 1.27 bits per heavy atom. The van der Waals surface area contributed by atoms with Gasteiger partial charge >= 0.3 is 0 Å². The van der Waals surface area contributed by atoms with E-state index in [0.717, 1.165) is 13.1 Å². The molecule has 0 saturated heterocycles. The molecule has 2 rings (SSSR count). The summed E-state index contributed by atoms with van der Waals surface area (Å²) in [6.45, 7) is 1.87. The fourth-order valence-corrected chi connectivity index (χ4v) is 2.23.